The molecule has 11 nitrogen and oxygen atoms in total. The predicted molar refractivity (Wildman–Crippen MR) is 93.8 cm³/mol. The van der Waals surface area contributed by atoms with Gasteiger partial charge in [-0.1, -0.05) is 12.2 Å². The van der Waals surface area contributed by atoms with Crippen LogP contribution >= 0.6 is 0 Å². The van der Waals surface area contributed by atoms with E-state index in [4.69, 9.17) is 4.74 Å². The summed E-state index contributed by atoms with van der Waals surface area (Å²) in [6.45, 7) is 5.15. The molecule has 0 saturated heterocycles. The summed E-state index contributed by atoms with van der Waals surface area (Å²) in [5.41, 5.74) is -2.71. The number of non-ortho nitro benzene ring substituents is 1. The van der Waals surface area contributed by atoms with Gasteiger partial charge < -0.3 is 15.2 Å². The van der Waals surface area contributed by atoms with Gasteiger partial charge >= 0.3 is 12.1 Å². The minimum Gasteiger partial charge on any atom is -0.478 e. The van der Waals surface area contributed by atoms with Crippen molar-refractivity contribution in [3.05, 3.63) is 55.6 Å². The van der Waals surface area contributed by atoms with Gasteiger partial charge in [-0.15, -0.1) is 0 Å². The number of aromatic carboxylic acids is 1. The number of alkyl carbamates (subject to hydrolysis) is 1. The molecule has 27 heavy (non-hydrogen) atoms. The van der Waals surface area contributed by atoms with Gasteiger partial charge in [-0.3, -0.25) is 20.2 Å². The fourth-order valence-electron chi connectivity index (χ4n) is 2.06. The molecule has 146 valence electrons. The molecule has 0 aliphatic heterocycles. The molecule has 0 bridgehead atoms. The molecule has 0 aliphatic carbocycles. The highest BCUT2D eigenvalue weighted by Gasteiger charge is 2.26. The van der Waals surface area contributed by atoms with Gasteiger partial charge in [-0.05, 0) is 27.2 Å². The van der Waals surface area contributed by atoms with E-state index in [0.29, 0.717) is 6.07 Å². The fraction of sp³-hybridized carbons (Fsp3) is 0.375. The zero-order chi connectivity index (χ0) is 20.8. The highest BCUT2D eigenvalue weighted by molar-refractivity contribution is 5.92. The zero-order valence-electron chi connectivity index (χ0n) is 14.9. The van der Waals surface area contributed by atoms with Crippen LogP contribution in [-0.4, -0.2) is 39.2 Å². The summed E-state index contributed by atoms with van der Waals surface area (Å²) in [5, 5.41) is 33.7. The second-order valence-corrected chi connectivity index (χ2v) is 6.37. The molecule has 1 aromatic rings. The molecule has 0 aromatic heterocycles. The molecular weight excluding hydrogens is 362 g/mol. The van der Waals surface area contributed by atoms with Gasteiger partial charge in [0.05, 0.1) is 21.5 Å². The lowest BCUT2D eigenvalue weighted by molar-refractivity contribution is -0.394. The molecule has 1 rings (SSSR count). The summed E-state index contributed by atoms with van der Waals surface area (Å²) < 4.78 is 5.02. The monoisotopic (exact) mass is 381 g/mol. The van der Waals surface area contributed by atoms with Crippen molar-refractivity contribution in [1.29, 1.82) is 0 Å². The van der Waals surface area contributed by atoms with Crippen LogP contribution in [0.3, 0.4) is 0 Å². The molecule has 0 radical (unpaired) electrons. The van der Waals surface area contributed by atoms with Crippen molar-refractivity contribution >= 4 is 23.4 Å². The lowest BCUT2D eigenvalue weighted by atomic mass is 10.0. The molecule has 0 unspecified atom stereocenters. The van der Waals surface area contributed by atoms with Crippen molar-refractivity contribution in [3.8, 4) is 0 Å². The number of nitrogens with zero attached hydrogens (tertiary/aromatic N) is 2. The van der Waals surface area contributed by atoms with Crippen molar-refractivity contribution in [2.24, 2.45) is 0 Å². The van der Waals surface area contributed by atoms with E-state index >= 15 is 0 Å². The van der Waals surface area contributed by atoms with Crippen molar-refractivity contribution in [3.63, 3.8) is 0 Å². The Kier molecular flexibility index (Phi) is 6.97. The number of carboxylic acids is 1. The van der Waals surface area contributed by atoms with Crippen LogP contribution < -0.4 is 5.32 Å². The molecule has 0 aliphatic rings. The first-order valence-corrected chi connectivity index (χ1v) is 7.73. The SMILES string of the molecule is CC(C)(C)OC(=O)NC/C=C\Cc1c(C(=O)O)cc([N+](=O)[O-])cc1[N+](=O)[O-]. The predicted octanol–water partition coefficient (Wildman–Crippen LogP) is 2.82. The van der Waals surface area contributed by atoms with Gasteiger partial charge in [-0.25, -0.2) is 9.59 Å². The van der Waals surface area contributed by atoms with Crippen LogP contribution in [0.4, 0.5) is 16.2 Å². The molecular formula is C16H19N3O8. The summed E-state index contributed by atoms with van der Waals surface area (Å²) in [6, 6.07) is 1.49. The number of carbonyl (C=O) groups excluding carboxylic acids is 1. The number of allylic oxidation sites excluding steroid dienone is 1. The number of nitro benzene ring substituents is 2. The van der Waals surface area contributed by atoms with E-state index in [1.165, 1.54) is 12.2 Å². The van der Waals surface area contributed by atoms with E-state index in [2.05, 4.69) is 5.32 Å². The number of hydrogen-bond donors (Lipinski definition) is 2. The summed E-state index contributed by atoms with van der Waals surface area (Å²) >= 11 is 0. The highest BCUT2D eigenvalue weighted by Crippen LogP contribution is 2.29. The average Bonchev–Trinajstić information content (AvgIpc) is 2.51. The Bertz CT molecular complexity index is 760. The third-order valence-electron chi connectivity index (χ3n) is 3.10. The molecule has 0 atom stereocenters. The maximum absolute atomic E-state index is 11.5. The number of amides is 1. The summed E-state index contributed by atoms with van der Waals surface area (Å²) in [5.74, 6) is -1.52. The smallest absolute Gasteiger partial charge is 0.407 e. The number of carbonyl (C=O) groups is 2. The maximum atomic E-state index is 11.5. The van der Waals surface area contributed by atoms with Crippen molar-refractivity contribution in [2.75, 3.05) is 6.54 Å². The van der Waals surface area contributed by atoms with E-state index < -0.39 is 44.4 Å². The minimum absolute atomic E-state index is 0.0537. The third-order valence-corrected chi connectivity index (χ3v) is 3.10. The van der Waals surface area contributed by atoms with Gasteiger partial charge in [0, 0.05) is 18.2 Å². The van der Waals surface area contributed by atoms with Crippen LogP contribution in [0.2, 0.25) is 0 Å². The summed E-state index contributed by atoms with van der Waals surface area (Å²) in [7, 11) is 0. The highest BCUT2D eigenvalue weighted by atomic mass is 16.6. The fourth-order valence-corrected chi connectivity index (χ4v) is 2.06. The van der Waals surface area contributed by atoms with Crippen molar-refractivity contribution in [2.45, 2.75) is 32.8 Å². The zero-order valence-corrected chi connectivity index (χ0v) is 14.9. The second-order valence-electron chi connectivity index (χ2n) is 6.37. The van der Waals surface area contributed by atoms with Gasteiger partial charge in [0.15, 0.2) is 0 Å². The van der Waals surface area contributed by atoms with Crippen LogP contribution in [-0.2, 0) is 11.2 Å². The second kappa shape index (κ2) is 8.74. The normalized spacial score (nSPS) is 11.2. The number of carboxylic acid groups (broad SMARTS) is 1. The van der Waals surface area contributed by atoms with E-state index in [1.54, 1.807) is 20.8 Å². The number of nitro groups is 2. The quantitative estimate of drug-likeness (QED) is 0.414. The Morgan fingerprint density at radius 1 is 1.19 bits per heavy atom. The van der Waals surface area contributed by atoms with Crippen LogP contribution in [0.1, 0.15) is 36.7 Å². The Morgan fingerprint density at radius 2 is 1.81 bits per heavy atom. The van der Waals surface area contributed by atoms with Crippen molar-refractivity contribution < 1.29 is 29.3 Å². The third kappa shape index (κ3) is 6.72. The van der Waals surface area contributed by atoms with Gasteiger partial charge in [0.1, 0.15) is 5.60 Å². The van der Waals surface area contributed by atoms with Crippen molar-refractivity contribution in [1.82, 2.24) is 5.32 Å². The summed E-state index contributed by atoms with van der Waals surface area (Å²) in [6.07, 6.45) is 2.06. The van der Waals surface area contributed by atoms with Gasteiger partial charge in [0.2, 0.25) is 0 Å². The molecule has 0 saturated carbocycles. The number of nitrogens with one attached hydrogen (secondary N) is 1. The van der Waals surface area contributed by atoms with E-state index in [9.17, 15) is 34.9 Å². The molecule has 1 aromatic carbocycles. The molecule has 2 N–H and O–H groups in total. The van der Waals surface area contributed by atoms with Gasteiger partial charge in [0.25, 0.3) is 11.4 Å². The average molecular weight is 381 g/mol. The van der Waals surface area contributed by atoms with E-state index in [-0.39, 0.29) is 18.5 Å². The Labute approximate surface area is 153 Å². The Balaban J connectivity index is 2.96. The first-order chi connectivity index (χ1) is 12.4. The van der Waals surface area contributed by atoms with Crippen LogP contribution in [0.15, 0.2) is 24.3 Å². The number of rotatable bonds is 7. The topological polar surface area (TPSA) is 162 Å². The Hall–Kier alpha value is -3.50. The number of ether oxygens (including phenoxy) is 1. The molecule has 0 spiro atoms. The minimum atomic E-state index is -1.52. The first-order valence-electron chi connectivity index (χ1n) is 7.73. The Morgan fingerprint density at radius 3 is 2.30 bits per heavy atom. The van der Waals surface area contributed by atoms with Crippen LogP contribution in [0.5, 0.6) is 0 Å². The maximum Gasteiger partial charge on any atom is 0.407 e. The van der Waals surface area contributed by atoms with Crippen LogP contribution in [0, 0.1) is 20.2 Å². The number of benzene rings is 1. The lowest BCUT2D eigenvalue weighted by Gasteiger charge is -2.19. The van der Waals surface area contributed by atoms with Gasteiger partial charge in [-0.2, -0.15) is 0 Å². The molecule has 1 amide bonds. The van der Waals surface area contributed by atoms with E-state index in [0.717, 1.165) is 6.07 Å². The first kappa shape index (κ1) is 21.5. The number of hydrogen-bond acceptors (Lipinski definition) is 7. The molecule has 11 heteroatoms. The largest absolute Gasteiger partial charge is 0.478 e. The molecule has 0 fully saturated rings. The lowest BCUT2D eigenvalue weighted by Crippen LogP contribution is -2.32. The molecule has 0 heterocycles. The standard InChI is InChI=1S/C16H19N3O8/c1-16(2,3)27-15(22)17-7-5-4-6-11-12(14(20)21)8-10(18(23)24)9-13(11)19(25)26/h4-5,8-9H,6-7H2,1-3H3,(H,17,22)(H,20,21)/b5-4-. The van der Waals surface area contributed by atoms with Crippen LogP contribution in [0.25, 0.3) is 0 Å². The van der Waals surface area contributed by atoms with E-state index in [1.807, 2.05) is 0 Å². The summed E-state index contributed by atoms with van der Waals surface area (Å²) in [4.78, 5) is 43.1.